The third-order valence-electron chi connectivity index (χ3n) is 7.33. The van der Waals surface area contributed by atoms with E-state index in [1.807, 2.05) is 18.2 Å². The summed E-state index contributed by atoms with van der Waals surface area (Å²) in [6.07, 6.45) is 8.57. The number of halogens is 1. The fraction of sp³-hybridized carbons (Fsp3) is 0.519. The first kappa shape index (κ1) is 24.1. The summed E-state index contributed by atoms with van der Waals surface area (Å²) >= 11 is 6.13. The van der Waals surface area contributed by atoms with E-state index in [9.17, 15) is 15.0 Å². The highest BCUT2D eigenvalue weighted by Gasteiger charge is 2.37. The smallest absolute Gasteiger partial charge is 0.313 e. The monoisotopic (exact) mass is 470 g/mol. The molecule has 33 heavy (non-hydrogen) atoms. The van der Waals surface area contributed by atoms with Crippen LogP contribution in [0.4, 0.5) is 0 Å². The van der Waals surface area contributed by atoms with Gasteiger partial charge in [0.25, 0.3) is 0 Å². The van der Waals surface area contributed by atoms with E-state index in [0.717, 1.165) is 56.3 Å². The summed E-state index contributed by atoms with van der Waals surface area (Å²) in [5.41, 5.74) is 4.14. The Morgan fingerprint density at radius 1 is 1.12 bits per heavy atom. The molecule has 0 bridgehead atoms. The Morgan fingerprint density at radius 3 is 2.39 bits per heavy atom. The van der Waals surface area contributed by atoms with Crippen molar-refractivity contribution in [2.75, 3.05) is 32.7 Å². The molecule has 5 nitrogen and oxygen atoms in total. The molecule has 1 aliphatic heterocycles. The minimum absolute atomic E-state index is 0.307. The lowest BCUT2D eigenvalue weighted by Gasteiger charge is -2.41. The van der Waals surface area contributed by atoms with Crippen molar-refractivity contribution in [2.24, 2.45) is 11.3 Å². The number of hydrogen-bond acceptors (Lipinski definition) is 4. The molecule has 4 rings (SSSR count). The van der Waals surface area contributed by atoms with Gasteiger partial charge in [0.15, 0.2) is 0 Å². The largest absolute Gasteiger partial charge is 0.481 e. The molecule has 2 unspecified atom stereocenters. The number of carboxylic acids is 1. The van der Waals surface area contributed by atoms with Gasteiger partial charge in [-0.05, 0) is 67.0 Å². The van der Waals surface area contributed by atoms with Crippen LogP contribution in [-0.4, -0.2) is 64.3 Å². The molecule has 178 valence electrons. The van der Waals surface area contributed by atoms with Gasteiger partial charge in [-0.2, -0.15) is 0 Å². The fourth-order valence-electron chi connectivity index (χ4n) is 5.25. The maximum atomic E-state index is 11.4. The normalized spacial score (nSPS) is 28.1. The van der Waals surface area contributed by atoms with E-state index in [4.69, 9.17) is 11.6 Å². The average Bonchev–Trinajstić information content (AvgIpc) is 2.75. The van der Waals surface area contributed by atoms with Crippen molar-refractivity contribution >= 4 is 23.1 Å². The Balaban J connectivity index is 1.44. The van der Waals surface area contributed by atoms with Crippen LogP contribution in [0.25, 0.3) is 5.57 Å². The Kier molecular flexibility index (Phi) is 6.77. The molecule has 1 aromatic rings. The van der Waals surface area contributed by atoms with Crippen LogP contribution in [0.15, 0.2) is 53.8 Å². The van der Waals surface area contributed by atoms with Crippen LogP contribution in [0.3, 0.4) is 0 Å². The van der Waals surface area contributed by atoms with Gasteiger partial charge in [-0.3, -0.25) is 9.69 Å². The van der Waals surface area contributed by atoms with E-state index in [2.05, 4.69) is 35.8 Å². The summed E-state index contributed by atoms with van der Waals surface area (Å²) in [6.45, 7) is 10.9. The van der Waals surface area contributed by atoms with Crippen LogP contribution >= 0.6 is 11.6 Å². The Labute approximate surface area is 202 Å². The highest BCUT2D eigenvalue weighted by Crippen LogP contribution is 2.43. The summed E-state index contributed by atoms with van der Waals surface area (Å²) in [7, 11) is 0. The minimum atomic E-state index is -1.37. The third-order valence-corrected chi connectivity index (χ3v) is 7.58. The van der Waals surface area contributed by atoms with Gasteiger partial charge in [0.2, 0.25) is 0 Å². The molecular weight excluding hydrogens is 436 g/mol. The molecule has 0 spiro atoms. The number of benzene rings is 1. The van der Waals surface area contributed by atoms with Gasteiger partial charge in [0.05, 0.1) is 5.60 Å². The van der Waals surface area contributed by atoms with Gasteiger partial charge < -0.3 is 15.1 Å². The van der Waals surface area contributed by atoms with E-state index in [1.165, 1.54) is 23.1 Å². The molecule has 1 fully saturated rings. The third kappa shape index (κ3) is 5.53. The second-order valence-corrected chi connectivity index (χ2v) is 11.1. The molecule has 3 aliphatic rings. The molecule has 2 atom stereocenters. The molecular formula is C27H35ClN2O3. The zero-order valence-corrected chi connectivity index (χ0v) is 20.6. The summed E-state index contributed by atoms with van der Waals surface area (Å²) in [5.74, 6) is -1.91. The minimum Gasteiger partial charge on any atom is -0.481 e. The van der Waals surface area contributed by atoms with Crippen molar-refractivity contribution in [3.05, 3.63) is 64.3 Å². The second kappa shape index (κ2) is 9.28. The number of carbonyl (C=O) groups is 1. The number of allylic oxidation sites excluding steroid dienone is 2. The number of rotatable bonds is 5. The van der Waals surface area contributed by atoms with E-state index in [0.29, 0.717) is 5.41 Å². The van der Waals surface area contributed by atoms with Crippen molar-refractivity contribution < 1.29 is 15.0 Å². The number of piperazine rings is 1. The zero-order chi connectivity index (χ0) is 23.8. The molecule has 1 saturated heterocycles. The van der Waals surface area contributed by atoms with E-state index in [-0.39, 0.29) is 0 Å². The molecule has 0 radical (unpaired) electrons. The van der Waals surface area contributed by atoms with Crippen molar-refractivity contribution in [1.82, 2.24) is 9.80 Å². The Morgan fingerprint density at radius 2 is 1.79 bits per heavy atom. The first-order valence-electron chi connectivity index (χ1n) is 11.8. The molecule has 0 amide bonds. The van der Waals surface area contributed by atoms with Crippen molar-refractivity contribution in [2.45, 2.75) is 45.6 Å². The number of aliphatic carboxylic acids is 1. The lowest BCUT2D eigenvalue weighted by molar-refractivity contribution is -0.145. The predicted octanol–water partition coefficient (Wildman–Crippen LogP) is 4.83. The quantitative estimate of drug-likeness (QED) is 0.645. The van der Waals surface area contributed by atoms with Gasteiger partial charge in [-0.15, -0.1) is 0 Å². The molecule has 6 heteroatoms. The summed E-state index contributed by atoms with van der Waals surface area (Å²) in [4.78, 5) is 16.2. The highest BCUT2D eigenvalue weighted by atomic mass is 35.5. The van der Waals surface area contributed by atoms with Crippen LogP contribution in [0, 0.1) is 11.3 Å². The van der Waals surface area contributed by atoms with Crippen molar-refractivity contribution in [1.29, 1.82) is 0 Å². The van der Waals surface area contributed by atoms with Gasteiger partial charge in [0, 0.05) is 43.4 Å². The predicted molar refractivity (Wildman–Crippen MR) is 133 cm³/mol. The maximum Gasteiger partial charge on any atom is 0.313 e. The SMILES string of the molecule is CC1(C)CCC(CN2CCN(C3=CC(C)(O)C(C(=O)O)C=C3)CC2)=C(c2ccc(Cl)cc2)C1. The topological polar surface area (TPSA) is 64.0 Å². The number of nitrogens with zero attached hydrogens (tertiary/aromatic N) is 2. The lowest BCUT2D eigenvalue weighted by Crippen LogP contribution is -2.48. The van der Waals surface area contributed by atoms with Crippen LogP contribution < -0.4 is 0 Å². The Hall–Kier alpha value is -2.08. The fourth-order valence-corrected chi connectivity index (χ4v) is 5.38. The first-order chi connectivity index (χ1) is 15.5. The van der Waals surface area contributed by atoms with E-state index in [1.54, 1.807) is 19.1 Å². The van der Waals surface area contributed by atoms with E-state index >= 15 is 0 Å². The van der Waals surface area contributed by atoms with E-state index < -0.39 is 17.5 Å². The van der Waals surface area contributed by atoms with Gasteiger partial charge in [-0.1, -0.05) is 49.2 Å². The maximum absolute atomic E-state index is 11.4. The summed E-state index contributed by atoms with van der Waals surface area (Å²) in [6, 6.07) is 8.26. The number of hydrogen-bond donors (Lipinski definition) is 2. The van der Waals surface area contributed by atoms with Gasteiger partial charge in [-0.25, -0.2) is 0 Å². The van der Waals surface area contributed by atoms with Crippen LogP contribution in [0.1, 0.15) is 45.6 Å². The first-order valence-corrected chi connectivity index (χ1v) is 12.2. The molecule has 1 heterocycles. The number of aliphatic hydroxyl groups is 1. The molecule has 0 aromatic heterocycles. The molecule has 2 N–H and O–H groups in total. The van der Waals surface area contributed by atoms with Gasteiger partial charge in [0.1, 0.15) is 5.92 Å². The van der Waals surface area contributed by atoms with Gasteiger partial charge >= 0.3 is 5.97 Å². The number of carboxylic acid groups (broad SMARTS) is 1. The summed E-state index contributed by atoms with van der Waals surface area (Å²) in [5, 5.41) is 20.7. The summed E-state index contributed by atoms with van der Waals surface area (Å²) < 4.78 is 0. The van der Waals surface area contributed by atoms with Crippen LogP contribution in [0.5, 0.6) is 0 Å². The average molecular weight is 471 g/mol. The van der Waals surface area contributed by atoms with Crippen LogP contribution in [-0.2, 0) is 4.79 Å². The molecule has 2 aliphatic carbocycles. The van der Waals surface area contributed by atoms with Crippen molar-refractivity contribution in [3.63, 3.8) is 0 Å². The van der Waals surface area contributed by atoms with Crippen molar-refractivity contribution in [3.8, 4) is 0 Å². The van der Waals surface area contributed by atoms with Crippen LogP contribution in [0.2, 0.25) is 5.02 Å². The molecule has 0 saturated carbocycles. The second-order valence-electron chi connectivity index (χ2n) is 10.7. The lowest BCUT2D eigenvalue weighted by atomic mass is 9.72. The highest BCUT2D eigenvalue weighted by molar-refractivity contribution is 6.30. The zero-order valence-electron chi connectivity index (χ0n) is 19.9. The molecule has 1 aromatic carbocycles. The Bertz CT molecular complexity index is 983. The standard InChI is InChI=1S/C27H35ClN2O3/c1-26(2)11-10-20(23(17-26)19-4-6-21(28)7-5-19)18-29-12-14-30(15-13-29)22-8-9-24(25(31)32)27(3,33)16-22/h4-9,16,24,33H,10-15,17-18H2,1-3H3,(H,31,32).